The number of hydrogen-bond donors (Lipinski definition) is 1. The average Bonchev–Trinajstić information content (AvgIpc) is 3.48. The second-order valence-corrected chi connectivity index (χ2v) is 11.1. The molecule has 0 saturated carbocycles. The van der Waals surface area contributed by atoms with E-state index in [0.717, 1.165) is 38.0 Å². The molecule has 230 valence electrons. The molecule has 1 atom stereocenters. The van der Waals surface area contributed by atoms with Crippen LogP contribution in [0.25, 0.3) is 11.4 Å². The molecule has 1 amide bonds. The van der Waals surface area contributed by atoms with Crippen molar-refractivity contribution in [2.75, 3.05) is 52.6 Å². The van der Waals surface area contributed by atoms with E-state index in [1.807, 2.05) is 61.7 Å². The fourth-order valence-corrected chi connectivity index (χ4v) is 5.83. The first kappa shape index (κ1) is 30.6. The molecule has 0 radical (unpaired) electrons. The summed E-state index contributed by atoms with van der Waals surface area (Å²) in [6, 6.07) is 8.54. The first-order chi connectivity index (χ1) is 20.8. The largest absolute Gasteiger partial charge is 0.505 e. The van der Waals surface area contributed by atoms with E-state index in [1.54, 1.807) is 4.90 Å². The van der Waals surface area contributed by atoms with Crippen LogP contribution in [0.2, 0.25) is 0 Å². The third-order valence-electron chi connectivity index (χ3n) is 8.16. The lowest BCUT2D eigenvalue weighted by Crippen LogP contribution is -2.39. The molecular weight excluding hydrogens is 548 g/mol. The van der Waals surface area contributed by atoms with Gasteiger partial charge in [0, 0.05) is 32.4 Å². The normalized spacial score (nSPS) is 19.0. The number of ketones is 1. The zero-order valence-electron chi connectivity index (χ0n) is 25.6. The zero-order valence-corrected chi connectivity index (χ0v) is 25.6. The average molecular weight is 591 g/mol. The number of hydrogen-bond acceptors (Lipinski definition) is 8. The van der Waals surface area contributed by atoms with Crippen molar-refractivity contribution in [2.45, 2.75) is 53.0 Å². The van der Waals surface area contributed by atoms with Crippen LogP contribution in [0, 0.1) is 13.8 Å². The van der Waals surface area contributed by atoms with Crippen LogP contribution < -0.4 is 9.47 Å². The van der Waals surface area contributed by atoms with E-state index < -0.39 is 17.7 Å². The van der Waals surface area contributed by atoms with Gasteiger partial charge in [-0.15, -0.1) is 0 Å². The number of fused-ring (bicyclic) bond motifs is 1. The first-order valence-electron chi connectivity index (χ1n) is 15.3. The third-order valence-corrected chi connectivity index (χ3v) is 8.16. The molecule has 10 heteroatoms. The van der Waals surface area contributed by atoms with Crippen molar-refractivity contribution < 1.29 is 28.9 Å². The van der Waals surface area contributed by atoms with Gasteiger partial charge in [0.25, 0.3) is 11.7 Å². The van der Waals surface area contributed by atoms with Gasteiger partial charge in [-0.05, 0) is 62.9 Å². The summed E-state index contributed by atoms with van der Waals surface area (Å²) in [6.07, 6.45) is 4.46. The smallest absolute Gasteiger partial charge is 0.295 e. The van der Waals surface area contributed by atoms with Crippen molar-refractivity contribution >= 4 is 23.1 Å². The molecule has 0 bridgehead atoms. The van der Waals surface area contributed by atoms with Crippen molar-refractivity contribution in [3.63, 3.8) is 0 Å². The number of aliphatic hydroxyl groups excluding tert-OH is 1. The number of rotatable bonds is 12. The number of benzene rings is 1. The molecule has 5 rings (SSSR count). The maximum atomic E-state index is 13.7. The molecule has 1 aromatic carbocycles. The van der Waals surface area contributed by atoms with Crippen LogP contribution in [-0.2, 0) is 14.3 Å². The highest BCUT2D eigenvalue weighted by atomic mass is 16.5. The summed E-state index contributed by atoms with van der Waals surface area (Å²) in [5.74, 6) is -0.485. The zero-order chi connectivity index (χ0) is 30.5. The van der Waals surface area contributed by atoms with Gasteiger partial charge in [-0.3, -0.25) is 14.5 Å². The fraction of sp³-hybridized carbons (Fsp3) is 0.485. The van der Waals surface area contributed by atoms with E-state index in [1.165, 1.54) is 0 Å². The minimum atomic E-state index is -0.807. The Morgan fingerprint density at radius 3 is 2.56 bits per heavy atom. The summed E-state index contributed by atoms with van der Waals surface area (Å²) in [6.45, 7) is 13.0. The summed E-state index contributed by atoms with van der Waals surface area (Å²) < 4.78 is 19.3. The van der Waals surface area contributed by atoms with Crippen molar-refractivity contribution in [1.82, 2.24) is 19.2 Å². The van der Waals surface area contributed by atoms with Gasteiger partial charge < -0.3 is 28.6 Å². The highest BCUT2D eigenvalue weighted by Crippen LogP contribution is 2.42. The predicted octanol–water partition coefficient (Wildman–Crippen LogP) is 4.67. The number of aromatic nitrogens is 2. The van der Waals surface area contributed by atoms with Gasteiger partial charge >= 0.3 is 0 Å². The van der Waals surface area contributed by atoms with E-state index in [0.29, 0.717) is 67.8 Å². The highest BCUT2D eigenvalue weighted by molar-refractivity contribution is 6.46. The summed E-state index contributed by atoms with van der Waals surface area (Å²) in [4.78, 5) is 35.9. The Morgan fingerprint density at radius 2 is 1.84 bits per heavy atom. The van der Waals surface area contributed by atoms with Gasteiger partial charge in [0.2, 0.25) is 0 Å². The minimum Gasteiger partial charge on any atom is -0.505 e. The molecule has 2 fully saturated rings. The van der Waals surface area contributed by atoms with Crippen LogP contribution in [0.1, 0.15) is 61.7 Å². The van der Waals surface area contributed by atoms with Crippen molar-refractivity contribution in [2.24, 2.45) is 0 Å². The maximum absolute atomic E-state index is 13.7. The fourth-order valence-electron chi connectivity index (χ4n) is 5.83. The number of nitrogens with zero attached hydrogens (tertiary/aromatic N) is 4. The van der Waals surface area contributed by atoms with Crippen LogP contribution >= 0.6 is 0 Å². The van der Waals surface area contributed by atoms with E-state index in [9.17, 15) is 14.7 Å². The lowest BCUT2D eigenvalue weighted by Gasteiger charge is -2.29. The molecule has 1 N–H and O–H groups in total. The van der Waals surface area contributed by atoms with Gasteiger partial charge in [0.1, 0.15) is 11.3 Å². The van der Waals surface area contributed by atoms with Crippen molar-refractivity contribution in [3.05, 3.63) is 64.6 Å². The number of morpholine rings is 1. The standard InChI is InChI=1S/C33H42N4O6/c1-5-7-18-43-25-12-11-24(21-26(25)42-6-2)29-27(30(38)28-23(4)36-14-8-10-22(3)32(36)34-28)31(39)33(40)37(29)15-9-13-35-16-19-41-20-17-35/h8,10-12,14,21,29,38H,5-7,9,13,15-20H2,1-4H3. The van der Waals surface area contributed by atoms with E-state index in [2.05, 4.69) is 11.8 Å². The third kappa shape index (κ3) is 6.26. The van der Waals surface area contributed by atoms with Gasteiger partial charge in [0.15, 0.2) is 17.3 Å². The predicted molar refractivity (Wildman–Crippen MR) is 164 cm³/mol. The molecule has 1 unspecified atom stereocenters. The van der Waals surface area contributed by atoms with Gasteiger partial charge in [-0.1, -0.05) is 25.5 Å². The number of likely N-dealkylation sites (tertiary alicyclic amines) is 1. The number of amides is 1. The number of unbranched alkanes of at least 4 members (excludes halogenated alkanes) is 1. The minimum absolute atomic E-state index is 0.0302. The maximum Gasteiger partial charge on any atom is 0.295 e. The Balaban J connectivity index is 1.57. The van der Waals surface area contributed by atoms with E-state index >= 15 is 0 Å². The Bertz CT molecular complexity index is 1510. The van der Waals surface area contributed by atoms with Gasteiger partial charge in [-0.25, -0.2) is 4.98 Å². The van der Waals surface area contributed by atoms with Gasteiger partial charge in [-0.2, -0.15) is 0 Å². The summed E-state index contributed by atoms with van der Waals surface area (Å²) >= 11 is 0. The summed E-state index contributed by atoms with van der Waals surface area (Å²) in [7, 11) is 0. The molecule has 10 nitrogen and oxygen atoms in total. The van der Waals surface area contributed by atoms with Crippen LogP contribution in [0.5, 0.6) is 11.5 Å². The molecule has 2 saturated heterocycles. The van der Waals surface area contributed by atoms with Crippen LogP contribution in [-0.4, -0.2) is 88.6 Å². The number of ether oxygens (including phenoxy) is 3. The molecule has 2 aromatic heterocycles. The van der Waals surface area contributed by atoms with Crippen molar-refractivity contribution in [3.8, 4) is 11.5 Å². The second-order valence-electron chi connectivity index (χ2n) is 11.1. The Labute approximate surface area is 252 Å². The molecule has 2 aliphatic rings. The van der Waals surface area contributed by atoms with Crippen molar-refractivity contribution in [1.29, 1.82) is 0 Å². The Kier molecular flexibility index (Phi) is 9.67. The molecule has 0 spiro atoms. The van der Waals surface area contributed by atoms with Crippen LogP contribution in [0.3, 0.4) is 0 Å². The van der Waals surface area contributed by atoms with Crippen LogP contribution in [0.15, 0.2) is 42.1 Å². The number of imidazole rings is 1. The molecule has 43 heavy (non-hydrogen) atoms. The number of aliphatic hydroxyl groups is 1. The lowest BCUT2D eigenvalue weighted by atomic mass is 9.96. The number of aryl methyl sites for hydroxylation is 2. The van der Waals surface area contributed by atoms with E-state index in [-0.39, 0.29) is 17.0 Å². The number of Topliss-reactive ketones (excluding diaryl/α,β-unsaturated/α-hetero) is 1. The summed E-state index contributed by atoms with van der Waals surface area (Å²) in [5.41, 5.74) is 3.28. The molecule has 2 aliphatic heterocycles. The first-order valence-corrected chi connectivity index (χ1v) is 15.3. The molecular formula is C33H42N4O6. The van der Waals surface area contributed by atoms with Crippen LogP contribution in [0.4, 0.5) is 0 Å². The quantitative estimate of drug-likeness (QED) is 0.140. The Hall–Kier alpha value is -3.89. The topological polar surface area (TPSA) is 106 Å². The SMILES string of the molecule is CCCCOc1ccc(C2C(=C(O)c3nc4c(C)cccn4c3C)C(=O)C(=O)N2CCCN2CCOCC2)cc1OCC. The number of carbonyl (C=O) groups excluding carboxylic acids is 2. The monoisotopic (exact) mass is 590 g/mol. The van der Waals surface area contributed by atoms with E-state index in [4.69, 9.17) is 19.2 Å². The summed E-state index contributed by atoms with van der Waals surface area (Å²) in [5, 5.41) is 11.8. The Morgan fingerprint density at radius 1 is 1.05 bits per heavy atom. The molecule has 0 aliphatic carbocycles. The lowest BCUT2D eigenvalue weighted by molar-refractivity contribution is -0.140. The molecule has 4 heterocycles. The number of pyridine rings is 1. The molecule has 3 aromatic rings. The second kappa shape index (κ2) is 13.6. The highest BCUT2D eigenvalue weighted by Gasteiger charge is 2.46. The number of carbonyl (C=O) groups is 2. The van der Waals surface area contributed by atoms with Gasteiger partial charge in [0.05, 0.1) is 43.7 Å².